The number of nitrogens with one attached hydrogen (secondary N) is 1. The third-order valence-corrected chi connectivity index (χ3v) is 3.09. The predicted molar refractivity (Wildman–Crippen MR) is 58.8 cm³/mol. The summed E-state index contributed by atoms with van der Waals surface area (Å²) in [7, 11) is 0. The molecule has 2 heterocycles. The summed E-state index contributed by atoms with van der Waals surface area (Å²) < 4.78 is 10.6. The van der Waals surface area contributed by atoms with Crippen molar-refractivity contribution in [2.45, 2.75) is 25.8 Å². The van der Waals surface area contributed by atoms with Crippen LogP contribution in [0.3, 0.4) is 0 Å². The van der Waals surface area contributed by atoms with Crippen molar-refractivity contribution >= 4 is 0 Å². The third-order valence-electron chi connectivity index (χ3n) is 3.09. The third kappa shape index (κ3) is 3.08. The fourth-order valence-electron chi connectivity index (χ4n) is 1.99. The van der Waals surface area contributed by atoms with Crippen molar-refractivity contribution < 1.29 is 9.15 Å². The summed E-state index contributed by atoms with van der Waals surface area (Å²) in [5.74, 6) is 1.74. The largest absolute Gasteiger partial charge is 0.469 e. The number of rotatable bonds is 5. The van der Waals surface area contributed by atoms with Crippen molar-refractivity contribution in [3.8, 4) is 0 Å². The van der Waals surface area contributed by atoms with Crippen LogP contribution in [-0.4, -0.2) is 25.8 Å². The monoisotopic (exact) mass is 209 g/mol. The van der Waals surface area contributed by atoms with Gasteiger partial charge >= 0.3 is 0 Å². The highest BCUT2D eigenvalue weighted by Gasteiger charge is 2.21. The second-order valence-electron chi connectivity index (χ2n) is 4.20. The molecule has 1 N–H and O–H groups in total. The summed E-state index contributed by atoms with van der Waals surface area (Å²) in [6.07, 6.45) is 3.88. The minimum absolute atomic E-state index is 0.544. The number of hydrogen-bond acceptors (Lipinski definition) is 3. The first-order chi connectivity index (χ1) is 7.36. The molecule has 1 aromatic rings. The molecule has 0 saturated carbocycles. The molecule has 0 bridgehead atoms. The fourth-order valence-corrected chi connectivity index (χ4v) is 1.99. The zero-order chi connectivity index (χ0) is 10.5. The van der Waals surface area contributed by atoms with Gasteiger partial charge in [-0.15, -0.1) is 0 Å². The summed E-state index contributed by atoms with van der Waals surface area (Å²) in [4.78, 5) is 0. The van der Waals surface area contributed by atoms with Gasteiger partial charge in [-0.3, -0.25) is 0 Å². The Balaban J connectivity index is 1.64. The van der Waals surface area contributed by atoms with Gasteiger partial charge in [-0.25, -0.2) is 0 Å². The van der Waals surface area contributed by atoms with Crippen molar-refractivity contribution in [3.63, 3.8) is 0 Å². The molecule has 15 heavy (non-hydrogen) atoms. The molecule has 0 spiro atoms. The van der Waals surface area contributed by atoms with Gasteiger partial charge in [0.1, 0.15) is 5.76 Å². The molecule has 3 heteroatoms. The van der Waals surface area contributed by atoms with Crippen LogP contribution in [0.25, 0.3) is 0 Å². The van der Waals surface area contributed by atoms with Crippen LogP contribution in [0.5, 0.6) is 0 Å². The molecule has 1 aromatic heterocycles. The number of furan rings is 1. The van der Waals surface area contributed by atoms with E-state index in [-0.39, 0.29) is 0 Å². The molecule has 2 atom stereocenters. The molecular weight excluding hydrogens is 190 g/mol. The van der Waals surface area contributed by atoms with Crippen LogP contribution >= 0.6 is 0 Å². The van der Waals surface area contributed by atoms with E-state index in [2.05, 4.69) is 12.2 Å². The lowest BCUT2D eigenvalue weighted by molar-refractivity contribution is 0.178. The Hall–Kier alpha value is -0.800. The Morgan fingerprint density at radius 3 is 3.20 bits per heavy atom. The van der Waals surface area contributed by atoms with Gasteiger partial charge in [0.05, 0.1) is 12.9 Å². The van der Waals surface area contributed by atoms with E-state index in [9.17, 15) is 0 Å². The molecule has 1 fully saturated rings. The summed E-state index contributed by atoms with van der Waals surface area (Å²) in [6, 6.07) is 4.50. The number of ether oxygens (including phenoxy) is 1. The predicted octanol–water partition coefficient (Wildman–Crippen LogP) is 1.84. The van der Waals surface area contributed by atoms with Crippen molar-refractivity contribution in [1.82, 2.24) is 5.32 Å². The quantitative estimate of drug-likeness (QED) is 0.803. The minimum atomic E-state index is 0.544. The highest BCUT2D eigenvalue weighted by Crippen LogP contribution is 2.16. The van der Waals surface area contributed by atoms with Crippen LogP contribution in [0.1, 0.15) is 19.1 Å². The normalized spacial score (nSPS) is 23.1. The van der Waals surface area contributed by atoms with Gasteiger partial charge in [-0.2, -0.15) is 0 Å². The molecule has 2 unspecified atom stereocenters. The molecule has 0 aromatic carbocycles. The van der Waals surface area contributed by atoms with Crippen LogP contribution in [0, 0.1) is 5.92 Å². The summed E-state index contributed by atoms with van der Waals surface area (Å²) in [6.45, 7) is 5.05. The maximum Gasteiger partial charge on any atom is 0.105 e. The average Bonchev–Trinajstić information content (AvgIpc) is 2.90. The molecule has 0 aliphatic carbocycles. The lowest BCUT2D eigenvalue weighted by Crippen LogP contribution is -2.35. The van der Waals surface area contributed by atoms with Crippen molar-refractivity contribution in [2.24, 2.45) is 5.92 Å². The fraction of sp³-hybridized carbons (Fsp3) is 0.667. The molecule has 0 radical (unpaired) electrons. The molecule has 3 nitrogen and oxygen atoms in total. The molecule has 1 aliphatic rings. The molecular formula is C12H19NO2. The molecule has 2 rings (SSSR count). The lowest BCUT2D eigenvalue weighted by atomic mass is 10.0. The Morgan fingerprint density at radius 1 is 1.60 bits per heavy atom. The van der Waals surface area contributed by atoms with E-state index in [0.717, 1.165) is 31.9 Å². The first-order valence-electron chi connectivity index (χ1n) is 5.70. The first-order valence-corrected chi connectivity index (χ1v) is 5.70. The molecule has 0 amide bonds. The SMILES string of the molecule is CC(NCCc1ccco1)C1CCOC1. The van der Waals surface area contributed by atoms with Crippen LogP contribution in [0.2, 0.25) is 0 Å². The van der Waals surface area contributed by atoms with Crippen molar-refractivity contribution in [3.05, 3.63) is 24.2 Å². The van der Waals surface area contributed by atoms with E-state index in [1.54, 1.807) is 6.26 Å². The zero-order valence-corrected chi connectivity index (χ0v) is 9.24. The second-order valence-corrected chi connectivity index (χ2v) is 4.20. The van der Waals surface area contributed by atoms with Gasteiger partial charge in [0, 0.05) is 25.6 Å². The highest BCUT2D eigenvalue weighted by molar-refractivity contribution is 4.98. The smallest absolute Gasteiger partial charge is 0.105 e. The van der Waals surface area contributed by atoms with E-state index in [1.807, 2.05) is 12.1 Å². The molecule has 84 valence electrons. The van der Waals surface area contributed by atoms with E-state index in [4.69, 9.17) is 9.15 Å². The Kier molecular flexibility index (Phi) is 3.80. The minimum Gasteiger partial charge on any atom is -0.469 e. The standard InChI is InChI=1S/C12H19NO2/c1-10(11-5-8-14-9-11)13-6-4-12-3-2-7-15-12/h2-3,7,10-11,13H,4-6,8-9H2,1H3. The van der Waals surface area contributed by atoms with Gasteiger partial charge in [0.25, 0.3) is 0 Å². The first kappa shape index (κ1) is 10.7. The summed E-state index contributed by atoms with van der Waals surface area (Å²) in [5, 5.41) is 3.52. The van der Waals surface area contributed by atoms with E-state index < -0.39 is 0 Å². The molecule has 1 saturated heterocycles. The van der Waals surface area contributed by atoms with E-state index >= 15 is 0 Å². The van der Waals surface area contributed by atoms with Crippen LogP contribution < -0.4 is 5.32 Å². The second kappa shape index (κ2) is 5.33. The Bertz CT molecular complexity index is 265. The van der Waals surface area contributed by atoms with E-state index in [0.29, 0.717) is 12.0 Å². The van der Waals surface area contributed by atoms with Gasteiger partial charge in [-0.1, -0.05) is 0 Å². The summed E-state index contributed by atoms with van der Waals surface area (Å²) in [5.41, 5.74) is 0. The van der Waals surface area contributed by atoms with Gasteiger partial charge in [-0.05, 0) is 31.4 Å². The van der Waals surface area contributed by atoms with Crippen LogP contribution in [0.15, 0.2) is 22.8 Å². The zero-order valence-electron chi connectivity index (χ0n) is 9.24. The average molecular weight is 209 g/mol. The van der Waals surface area contributed by atoms with Crippen molar-refractivity contribution in [1.29, 1.82) is 0 Å². The number of hydrogen-bond donors (Lipinski definition) is 1. The van der Waals surface area contributed by atoms with Crippen LogP contribution in [-0.2, 0) is 11.2 Å². The van der Waals surface area contributed by atoms with Crippen LogP contribution in [0.4, 0.5) is 0 Å². The van der Waals surface area contributed by atoms with Crippen molar-refractivity contribution in [2.75, 3.05) is 19.8 Å². The van der Waals surface area contributed by atoms with Gasteiger partial charge < -0.3 is 14.5 Å². The molecule has 1 aliphatic heterocycles. The Morgan fingerprint density at radius 2 is 2.53 bits per heavy atom. The van der Waals surface area contributed by atoms with Gasteiger partial charge in [0.15, 0.2) is 0 Å². The maximum absolute atomic E-state index is 5.37. The topological polar surface area (TPSA) is 34.4 Å². The maximum atomic E-state index is 5.37. The van der Waals surface area contributed by atoms with E-state index in [1.165, 1.54) is 6.42 Å². The highest BCUT2D eigenvalue weighted by atomic mass is 16.5. The summed E-state index contributed by atoms with van der Waals surface area (Å²) >= 11 is 0. The Labute approximate surface area is 90.8 Å². The van der Waals surface area contributed by atoms with Gasteiger partial charge in [0.2, 0.25) is 0 Å². The lowest BCUT2D eigenvalue weighted by Gasteiger charge is -2.18.